The van der Waals surface area contributed by atoms with Gasteiger partial charge in [-0.05, 0) is 66.9 Å². The molecule has 4 aliphatic heterocycles. The largest absolute Gasteiger partial charge is 0.439 e. The van der Waals surface area contributed by atoms with Crippen molar-refractivity contribution in [1.82, 2.24) is 4.90 Å². The van der Waals surface area contributed by atoms with E-state index in [0.717, 1.165) is 44.6 Å². The molecule has 1 amide bonds. The van der Waals surface area contributed by atoms with E-state index < -0.39 is 0 Å². The van der Waals surface area contributed by atoms with Gasteiger partial charge in [-0.15, -0.1) is 11.3 Å². The number of piperidine rings is 3. The Hall–Kier alpha value is -1.59. The van der Waals surface area contributed by atoms with Gasteiger partial charge in [0.15, 0.2) is 0 Å². The Labute approximate surface area is 146 Å². The minimum absolute atomic E-state index is 0.170. The van der Waals surface area contributed by atoms with Gasteiger partial charge < -0.3 is 4.74 Å². The second-order valence-electron chi connectivity index (χ2n) is 7.36. The number of carbonyl (C=O) groups excluding carboxylic acids is 1. The van der Waals surface area contributed by atoms with Gasteiger partial charge in [-0.2, -0.15) is 0 Å². The van der Waals surface area contributed by atoms with Crippen LogP contribution in [0.5, 0.6) is 0 Å². The first-order chi connectivity index (χ1) is 11.7. The Morgan fingerprint density at radius 1 is 1.29 bits per heavy atom. The van der Waals surface area contributed by atoms with E-state index in [2.05, 4.69) is 35.4 Å². The number of benzene rings is 1. The number of carbonyl (C=O) groups is 1. The molecule has 0 aliphatic carbocycles. The smallest absolute Gasteiger partial charge is 0.415 e. The Morgan fingerprint density at radius 2 is 2.12 bits per heavy atom. The Balaban J connectivity index is 1.50. The number of thiophene rings is 1. The van der Waals surface area contributed by atoms with Crippen LogP contribution in [0.25, 0.3) is 10.1 Å². The number of amides is 1. The van der Waals surface area contributed by atoms with Crippen molar-refractivity contribution in [2.24, 2.45) is 5.92 Å². The van der Waals surface area contributed by atoms with Crippen molar-refractivity contribution in [2.75, 3.05) is 31.1 Å². The molecule has 0 radical (unpaired) electrons. The summed E-state index contributed by atoms with van der Waals surface area (Å²) in [5.74, 6) is 0.521. The van der Waals surface area contributed by atoms with E-state index in [9.17, 15) is 4.79 Å². The first-order valence-electron chi connectivity index (χ1n) is 8.91. The zero-order chi connectivity index (χ0) is 16.3. The number of aryl methyl sites for hydroxylation is 1. The number of ether oxygens (including phenoxy) is 1. The predicted molar refractivity (Wildman–Crippen MR) is 96.9 cm³/mol. The fourth-order valence-corrected chi connectivity index (χ4v) is 5.75. The molecule has 4 nitrogen and oxygen atoms in total. The summed E-state index contributed by atoms with van der Waals surface area (Å²) < 4.78 is 7.28. The van der Waals surface area contributed by atoms with Crippen LogP contribution in [0.15, 0.2) is 23.6 Å². The van der Waals surface area contributed by atoms with Crippen LogP contribution in [-0.2, 0) is 11.2 Å². The highest BCUT2D eigenvalue weighted by atomic mass is 32.1. The van der Waals surface area contributed by atoms with Gasteiger partial charge in [-0.1, -0.05) is 6.92 Å². The first-order valence-corrected chi connectivity index (χ1v) is 9.79. The topological polar surface area (TPSA) is 32.8 Å². The number of hydrogen-bond acceptors (Lipinski definition) is 4. The Morgan fingerprint density at radius 3 is 2.83 bits per heavy atom. The average Bonchev–Trinajstić information content (AvgIpc) is 3.16. The number of anilines is 1. The van der Waals surface area contributed by atoms with E-state index in [-0.39, 0.29) is 11.7 Å². The van der Waals surface area contributed by atoms with Crippen molar-refractivity contribution in [1.29, 1.82) is 0 Å². The van der Waals surface area contributed by atoms with Crippen LogP contribution in [0.4, 0.5) is 10.5 Å². The van der Waals surface area contributed by atoms with Gasteiger partial charge in [0.05, 0.1) is 6.54 Å². The van der Waals surface area contributed by atoms with Gasteiger partial charge in [0.1, 0.15) is 5.60 Å². The third kappa shape index (κ3) is 2.04. The molecule has 5 heterocycles. The van der Waals surface area contributed by atoms with Gasteiger partial charge in [0.25, 0.3) is 0 Å². The normalized spacial score (nSPS) is 32.0. The summed E-state index contributed by atoms with van der Waals surface area (Å²) in [5.41, 5.74) is 2.06. The number of nitrogens with zero attached hydrogens (tertiary/aromatic N) is 2. The molecule has 0 unspecified atom stereocenters. The van der Waals surface area contributed by atoms with Crippen LogP contribution >= 0.6 is 11.3 Å². The molecule has 2 aromatic rings. The first kappa shape index (κ1) is 14.7. The molecule has 126 valence electrons. The standard InChI is InChI=1S/C19H22N2O2S/c1-2-13-10-24-17-4-3-15(9-16(13)17)21-12-19(23-18(21)22)11-20-7-5-14(19)6-8-20/h3-4,9-10,14H,2,5-8,11-12H2,1H3/t19-/m1/s1. The fraction of sp³-hybridized carbons (Fsp3) is 0.526. The van der Waals surface area contributed by atoms with Crippen molar-refractivity contribution in [3.05, 3.63) is 29.1 Å². The quantitative estimate of drug-likeness (QED) is 0.830. The summed E-state index contributed by atoms with van der Waals surface area (Å²) in [6, 6.07) is 6.38. The van der Waals surface area contributed by atoms with Crippen LogP contribution in [0.1, 0.15) is 25.3 Å². The van der Waals surface area contributed by atoms with Crippen LogP contribution < -0.4 is 4.90 Å². The van der Waals surface area contributed by atoms with Gasteiger partial charge in [-0.25, -0.2) is 4.79 Å². The summed E-state index contributed by atoms with van der Waals surface area (Å²) in [7, 11) is 0. The highest BCUT2D eigenvalue weighted by Crippen LogP contribution is 2.43. The molecule has 24 heavy (non-hydrogen) atoms. The molecule has 0 saturated carbocycles. The highest BCUT2D eigenvalue weighted by molar-refractivity contribution is 7.17. The zero-order valence-electron chi connectivity index (χ0n) is 14.0. The zero-order valence-corrected chi connectivity index (χ0v) is 14.8. The number of fused-ring (bicyclic) bond motifs is 3. The predicted octanol–water partition coefficient (Wildman–Crippen LogP) is 3.88. The van der Waals surface area contributed by atoms with Crippen LogP contribution in [0.2, 0.25) is 0 Å². The Bertz CT molecular complexity index is 809. The third-order valence-electron chi connectivity index (χ3n) is 6.09. The van der Waals surface area contributed by atoms with E-state index in [1.165, 1.54) is 15.6 Å². The molecule has 1 atom stereocenters. The highest BCUT2D eigenvalue weighted by Gasteiger charge is 2.55. The molecular weight excluding hydrogens is 320 g/mol. The van der Waals surface area contributed by atoms with Gasteiger partial charge >= 0.3 is 6.09 Å². The molecule has 4 saturated heterocycles. The second-order valence-corrected chi connectivity index (χ2v) is 8.28. The maximum atomic E-state index is 12.6. The van der Waals surface area contributed by atoms with Crippen molar-refractivity contribution in [2.45, 2.75) is 31.8 Å². The van der Waals surface area contributed by atoms with Gasteiger partial charge in [-0.3, -0.25) is 9.80 Å². The van der Waals surface area contributed by atoms with E-state index in [1.807, 2.05) is 4.90 Å². The minimum atomic E-state index is -0.287. The summed E-state index contributed by atoms with van der Waals surface area (Å²) in [5, 5.41) is 3.51. The van der Waals surface area contributed by atoms with E-state index in [4.69, 9.17) is 4.74 Å². The number of rotatable bonds is 2. The van der Waals surface area contributed by atoms with E-state index in [1.54, 1.807) is 11.3 Å². The lowest BCUT2D eigenvalue weighted by Crippen LogP contribution is -2.61. The van der Waals surface area contributed by atoms with E-state index in [0.29, 0.717) is 12.5 Å². The lowest BCUT2D eigenvalue weighted by atomic mass is 9.75. The molecular formula is C19H22N2O2S. The molecule has 1 aromatic carbocycles. The maximum Gasteiger partial charge on any atom is 0.415 e. The lowest BCUT2D eigenvalue weighted by Gasteiger charge is -2.49. The minimum Gasteiger partial charge on any atom is -0.439 e. The molecule has 4 fully saturated rings. The third-order valence-corrected chi connectivity index (χ3v) is 7.10. The van der Waals surface area contributed by atoms with Crippen molar-refractivity contribution in [3.8, 4) is 0 Å². The average molecular weight is 342 g/mol. The molecule has 1 aromatic heterocycles. The summed E-state index contributed by atoms with van der Waals surface area (Å²) in [4.78, 5) is 17.0. The van der Waals surface area contributed by atoms with Gasteiger partial charge in [0, 0.05) is 22.8 Å². The SMILES string of the molecule is CCc1csc2ccc(N3C[C@@]4(CN5CCC4CC5)OC3=O)cc12. The fourth-order valence-electron chi connectivity index (χ4n) is 4.72. The molecule has 2 bridgehead atoms. The van der Waals surface area contributed by atoms with Crippen molar-refractivity contribution >= 4 is 33.2 Å². The molecule has 4 aliphatic rings. The molecule has 1 spiro atoms. The van der Waals surface area contributed by atoms with E-state index >= 15 is 0 Å². The van der Waals surface area contributed by atoms with Crippen molar-refractivity contribution in [3.63, 3.8) is 0 Å². The monoisotopic (exact) mass is 342 g/mol. The summed E-state index contributed by atoms with van der Waals surface area (Å²) >= 11 is 1.78. The van der Waals surface area contributed by atoms with Crippen LogP contribution in [0.3, 0.4) is 0 Å². The summed E-state index contributed by atoms with van der Waals surface area (Å²) in [6.45, 7) is 6.10. The van der Waals surface area contributed by atoms with Crippen molar-refractivity contribution < 1.29 is 9.53 Å². The Kier molecular flexibility index (Phi) is 3.19. The molecule has 6 rings (SSSR count). The van der Waals surface area contributed by atoms with Crippen LogP contribution in [0, 0.1) is 5.92 Å². The molecule has 5 heteroatoms. The second kappa shape index (κ2) is 5.20. The summed E-state index contributed by atoms with van der Waals surface area (Å²) in [6.07, 6.45) is 3.17. The lowest BCUT2D eigenvalue weighted by molar-refractivity contribution is -0.0881. The van der Waals surface area contributed by atoms with Gasteiger partial charge in [0.2, 0.25) is 0 Å². The number of hydrogen-bond donors (Lipinski definition) is 0. The maximum absolute atomic E-state index is 12.6. The van der Waals surface area contributed by atoms with Crippen LogP contribution in [-0.4, -0.2) is 42.8 Å². The molecule has 0 N–H and O–H groups in total.